The van der Waals surface area contributed by atoms with E-state index in [1.807, 2.05) is 0 Å². The number of carbonyl (C=O) groups is 1. The third-order valence-corrected chi connectivity index (χ3v) is 5.25. The van der Waals surface area contributed by atoms with Gasteiger partial charge in [-0.05, 0) is 36.6 Å². The van der Waals surface area contributed by atoms with Gasteiger partial charge in [0.2, 0.25) is 15.9 Å². The minimum Gasteiger partial charge on any atom is -0.315 e. The van der Waals surface area contributed by atoms with Gasteiger partial charge in [0.1, 0.15) is 0 Å². The monoisotopic (exact) mass is 266 g/mol. The number of sulfonamides is 1. The first kappa shape index (κ1) is 11.5. The average Bonchev–Trinajstić information content (AvgIpc) is 3.08. The van der Waals surface area contributed by atoms with E-state index in [0.29, 0.717) is 12.1 Å². The molecule has 1 aliphatic heterocycles. The van der Waals surface area contributed by atoms with E-state index in [1.165, 1.54) is 0 Å². The molecule has 0 atom stereocenters. The average molecular weight is 266 g/mol. The fourth-order valence-electron chi connectivity index (χ4n) is 2.16. The highest BCUT2D eigenvalue weighted by Crippen LogP contribution is 2.33. The smallest absolute Gasteiger partial charge is 0.235 e. The standard InChI is InChI=1S/C12H14N2O3S/c1-14-11-5-2-9(6-8(11)7-12(14)15)13-18(16,17)10-3-4-10/h2,5-6,10,13H,3-4,7H2,1H3. The van der Waals surface area contributed by atoms with Crippen molar-refractivity contribution in [3.63, 3.8) is 0 Å². The van der Waals surface area contributed by atoms with Gasteiger partial charge in [-0.2, -0.15) is 0 Å². The number of anilines is 2. The van der Waals surface area contributed by atoms with E-state index in [4.69, 9.17) is 0 Å². The summed E-state index contributed by atoms with van der Waals surface area (Å²) in [6, 6.07) is 5.23. The second-order valence-electron chi connectivity index (χ2n) is 4.82. The largest absolute Gasteiger partial charge is 0.315 e. The summed E-state index contributed by atoms with van der Waals surface area (Å²) in [5.74, 6) is 0.0344. The summed E-state index contributed by atoms with van der Waals surface area (Å²) in [5, 5.41) is -0.241. The fraction of sp³-hybridized carbons (Fsp3) is 0.417. The molecule has 0 spiro atoms. The van der Waals surface area contributed by atoms with Crippen LogP contribution in [0.2, 0.25) is 0 Å². The molecule has 0 aromatic heterocycles. The molecule has 96 valence electrons. The number of fused-ring (bicyclic) bond motifs is 1. The van der Waals surface area contributed by atoms with Crippen LogP contribution in [0.25, 0.3) is 0 Å². The maximum atomic E-state index is 11.8. The second kappa shape index (κ2) is 3.71. The van der Waals surface area contributed by atoms with E-state index in [1.54, 1.807) is 30.1 Å². The van der Waals surface area contributed by atoms with Crippen molar-refractivity contribution in [2.24, 2.45) is 0 Å². The van der Waals surface area contributed by atoms with Gasteiger partial charge in [0.15, 0.2) is 0 Å². The number of rotatable bonds is 3. The van der Waals surface area contributed by atoms with Gasteiger partial charge in [-0.1, -0.05) is 0 Å². The minimum absolute atomic E-state index is 0.0344. The van der Waals surface area contributed by atoms with Gasteiger partial charge < -0.3 is 4.90 Å². The molecule has 1 aliphatic carbocycles. The number of hydrogen-bond acceptors (Lipinski definition) is 3. The van der Waals surface area contributed by atoms with Crippen LogP contribution < -0.4 is 9.62 Å². The highest BCUT2D eigenvalue weighted by atomic mass is 32.2. The van der Waals surface area contributed by atoms with Gasteiger partial charge in [-0.15, -0.1) is 0 Å². The lowest BCUT2D eigenvalue weighted by atomic mass is 10.1. The van der Waals surface area contributed by atoms with Gasteiger partial charge in [0.25, 0.3) is 0 Å². The third-order valence-electron chi connectivity index (χ3n) is 3.38. The molecule has 0 saturated heterocycles. The van der Waals surface area contributed by atoms with Gasteiger partial charge in [0.05, 0.1) is 11.7 Å². The van der Waals surface area contributed by atoms with Crippen LogP contribution in [-0.4, -0.2) is 26.6 Å². The molecule has 0 radical (unpaired) electrons. The van der Waals surface area contributed by atoms with Crippen LogP contribution in [0.3, 0.4) is 0 Å². The molecule has 1 aromatic rings. The molecular formula is C12H14N2O3S. The number of hydrogen-bond donors (Lipinski definition) is 1. The van der Waals surface area contributed by atoms with Gasteiger partial charge in [-0.3, -0.25) is 9.52 Å². The Balaban J connectivity index is 1.88. The van der Waals surface area contributed by atoms with Crippen molar-refractivity contribution in [3.8, 4) is 0 Å². The van der Waals surface area contributed by atoms with Crippen LogP contribution in [0.4, 0.5) is 11.4 Å². The van der Waals surface area contributed by atoms with Crippen LogP contribution in [0.1, 0.15) is 18.4 Å². The number of nitrogens with one attached hydrogen (secondary N) is 1. The van der Waals surface area contributed by atoms with Crippen LogP contribution in [0.5, 0.6) is 0 Å². The van der Waals surface area contributed by atoms with Crippen molar-refractivity contribution in [2.45, 2.75) is 24.5 Å². The summed E-state index contributed by atoms with van der Waals surface area (Å²) in [6.45, 7) is 0. The van der Waals surface area contributed by atoms with Crippen LogP contribution in [-0.2, 0) is 21.2 Å². The molecule has 18 heavy (non-hydrogen) atoms. The zero-order chi connectivity index (χ0) is 12.9. The first-order chi connectivity index (χ1) is 8.47. The maximum Gasteiger partial charge on any atom is 0.235 e. The van der Waals surface area contributed by atoms with Gasteiger partial charge in [-0.25, -0.2) is 8.42 Å². The lowest BCUT2D eigenvalue weighted by molar-refractivity contribution is -0.117. The lowest BCUT2D eigenvalue weighted by Crippen LogP contribution is -2.20. The Hall–Kier alpha value is -1.56. The normalized spacial score (nSPS) is 18.9. The molecule has 1 saturated carbocycles. The molecule has 5 nitrogen and oxygen atoms in total. The summed E-state index contributed by atoms with van der Waals surface area (Å²) < 4.78 is 26.2. The van der Waals surface area contributed by atoms with Crippen LogP contribution in [0, 0.1) is 0 Å². The van der Waals surface area contributed by atoms with E-state index < -0.39 is 10.0 Å². The van der Waals surface area contributed by atoms with E-state index in [9.17, 15) is 13.2 Å². The molecular weight excluding hydrogens is 252 g/mol. The lowest BCUT2D eigenvalue weighted by Gasteiger charge is -2.11. The first-order valence-electron chi connectivity index (χ1n) is 5.88. The van der Waals surface area contributed by atoms with Crippen molar-refractivity contribution in [3.05, 3.63) is 23.8 Å². The fourth-order valence-corrected chi connectivity index (χ4v) is 3.54. The third kappa shape index (κ3) is 1.86. The van der Waals surface area contributed by atoms with Crippen molar-refractivity contribution >= 4 is 27.3 Å². The first-order valence-corrected chi connectivity index (χ1v) is 7.43. The number of benzene rings is 1. The maximum absolute atomic E-state index is 11.8. The van der Waals surface area contributed by atoms with Crippen molar-refractivity contribution < 1.29 is 13.2 Å². The van der Waals surface area contributed by atoms with E-state index in [0.717, 1.165) is 24.1 Å². The molecule has 3 rings (SSSR count). The van der Waals surface area contributed by atoms with Crippen LogP contribution >= 0.6 is 0 Å². The second-order valence-corrected chi connectivity index (χ2v) is 6.78. The van der Waals surface area contributed by atoms with Crippen molar-refractivity contribution in [2.75, 3.05) is 16.7 Å². The van der Waals surface area contributed by atoms with Crippen molar-refractivity contribution in [1.82, 2.24) is 0 Å². The molecule has 1 N–H and O–H groups in total. The zero-order valence-electron chi connectivity index (χ0n) is 10.0. The zero-order valence-corrected chi connectivity index (χ0v) is 10.8. The molecule has 1 heterocycles. The Morgan fingerprint density at radius 3 is 2.72 bits per heavy atom. The molecule has 0 bridgehead atoms. The van der Waals surface area contributed by atoms with E-state index in [-0.39, 0.29) is 11.2 Å². The predicted molar refractivity (Wildman–Crippen MR) is 69.1 cm³/mol. The topological polar surface area (TPSA) is 66.5 Å². The minimum atomic E-state index is -3.23. The van der Waals surface area contributed by atoms with Crippen LogP contribution in [0.15, 0.2) is 18.2 Å². The summed E-state index contributed by atoms with van der Waals surface area (Å²) in [7, 11) is -1.51. The Labute approximate surface area is 106 Å². The number of likely N-dealkylation sites (N-methyl/N-ethyl adjacent to an activating group) is 1. The molecule has 0 unspecified atom stereocenters. The number of amides is 1. The SMILES string of the molecule is CN1C(=O)Cc2cc(NS(=O)(=O)C3CC3)ccc21. The summed E-state index contributed by atoms with van der Waals surface area (Å²) >= 11 is 0. The van der Waals surface area contributed by atoms with Gasteiger partial charge >= 0.3 is 0 Å². The molecule has 1 fully saturated rings. The number of carbonyl (C=O) groups excluding carboxylic acids is 1. The van der Waals surface area contributed by atoms with Crippen molar-refractivity contribution in [1.29, 1.82) is 0 Å². The quantitative estimate of drug-likeness (QED) is 0.891. The summed E-state index contributed by atoms with van der Waals surface area (Å²) in [5.41, 5.74) is 2.27. The highest BCUT2D eigenvalue weighted by Gasteiger charge is 2.36. The molecule has 1 aromatic carbocycles. The summed E-state index contributed by atoms with van der Waals surface area (Å²) in [6.07, 6.45) is 1.81. The number of nitrogens with zero attached hydrogens (tertiary/aromatic N) is 1. The van der Waals surface area contributed by atoms with E-state index in [2.05, 4.69) is 4.72 Å². The highest BCUT2D eigenvalue weighted by molar-refractivity contribution is 7.93. The molecule has 2 aliphatic rings. The molecule has 1 amide bonds. The van der Waals surface area contributed by atoms with Gasteiger partial charge in [0, 0.05) is 18.4 Å². The predicted octanol–water partition coefficient (Wildman–Crippen LogP) is 1.11. The Kier molecular flexibility index (Phi) is 2.38. The Morgan fingerprint density at radius 2 is 2.06 bits per heavy atom. The summed E-state index contributed by atoms with van der Waals surface area (Å²) in [4.78, 5) is 13.1. The Morgan fingerprint density at radius 1 is 1.33 bits per heavy atom. The molecule has 6 heteroatoms. The Bertz CT molecular complexity index is 620. The van der Waals surface area contributed by atoms with E-state index >= 15 is 0 Å².